The van der Waals surface area contributed by atoms with Crippen LogP contribution in [0.1, 0.15) is 18.9 Å². The van der Waals surface area contributed by atoms with Crippen LogP contribution >= 0.6 is 22.6 Å². The molecular formula is C7H9IN2. The summed E-state index contributed by atoms with van der Waals surface area (Å²) >= 11 is 2.10. The number of nitrogens with zero attached hydrogens (tertiary/aromatic N) is 2. The third-order valence-electron chi connectivity index (χ3n) is 1.21. The van der Waals surface area contributed by atoms with Crippen LogP contribution in [0.15, 0.2) is 12.4 Å². The Morgan fingerprint density at radius 2 is 2.00 bits per heavy atom. The summed E-state index contributed by atoms with van der Waals surface area (Å²) in [5.74, 6) is 0. The van der Waals surface area contributed by atoms with Gasteiger partial charge in [-0.2, -0.15) is 0 Å². The number of hydrogen-bond donors (Lipinski definition) is 0. The first-order chi connectivity index (χ1) is 4.83. The lowest BCUT2D eigenvalue weighted by molar-refractivity contribution is 0.894. The molecule has 0 radical (unpaired) electrons. The van der Waals surface area contributed by atoms with Crippen LogP contribution in [0.4, 0.5) is 0 Å². The van der Waals surface area contributed by atoms with Gasteiger partial charge < -0.3 is 0 Å². The SMILES string of the molecule is CCCc1cnc(I)nc1. The molecule has 0 aromatic carbocycles. The third kappa shape index (κ3) is 2.21. The van der Waals surface area contributed by atoms with E-state index in [4.69, 9.17) is 0 Å². The van der Waals surface area contributed by atoms with Gasteiger partial charge in [0.2, 0.25) is 0 Å². The first kappa shape index (κ1) is 7.91. The summed E-state index contributed by atoms with van der Waals surface area (Å²) in [4.78, 5) is 8.15. The molecule has 0 aliphatic carbocycles. The Kier molecular flexibility index (Phi) is 3.05. The van der Waals surface area contributed by atoms with E-state index in [0.29, 0.717) is 0 Å². The average molecular weight is 248 g/mol. The Labute approximate surface area is 74.2 Å². The number of halogens is 1. The average Bonchev–Trinajstić information content (AvgIpc) is 1.95. The molecule has 0 unspecified atom stereocenters. The lowest BCUT2D eigenvalue weighted by atomic mass is 10.2. The van der Waals surface area contributed by atoms with Crippen LogP contribution in [-0.2, 0) is 6.42 Å². The Bertz CT molecular complexity index is 195. The molecule has 0 atom stereocenters. The van der Waals surface area contributed by atoms with Gasteiger partial charge in [-0.25, -0.2) is 9.97 Å². The normalized spacial score (nSPS) is 9.80. The first-order valence-electron chi connectivity index (χ1n) is 3.29. The maximum absolute atomic E-state index is 4.07. The molecule has 1 rings (SSSR count). The molecule has 2 nitrogen and oxygen atoms in total. The van der Waals surface area contributed by atoms with Gasteiger partial charge in [0.15, 0.2) is 3.83 Å². The summed E-state index contributed by atoms with van der Waals surface area (Å²) in [5.41, 5.74) is 1.22. The molecule has 0 saturated heterocycles. The van der Waals surface area contributed by atoms with Crippen LogP contribution < -0.4 is 0 Å². The van der Waals surface area contributed by atoms with Crippen molar-refractivity contribution in [3.8, 4) is 0 Å². The highest BCUT2D eigenvalue weighted by Gasteiger charge is 1.91. The highest BCUT2D eigenvalue weighted by molar-refractivity contribution is 14.1. The second kappa shape index (κ2) is 3.85. The predicted molar refractivity (Wildman–Crippen MR) is 48.7 cm³/mol. The fraction of sp³-hybridized carbons (Fsp3) is 0.429. The molecule has 0 aliphatic heterocycles. The molecule has 1 aromatic rings. The van der Waals surface area contributed by atoms with E-state index < -0.39 is 0 Å². The van der Waals surface area contributed by atoms with Gasteiger partial charge in [-0.1, -0.05) is 13.3 Å². The van der Waals surface area contributed by atoms with Crippen molar-refractivity contribution in [1.29, 1.82) is 0 Å². The lowest BCUT2D eigenvalue weighted by Crippen LogP contribution is -1.90. The minimum atomic E-state index is 0.817. The Hall–Kier alpha value is -0.190. The van der Waals surface area contributed by atoms with Crippen molar-refractivity contribution in [3.63, 3.8) is 0 Å². The largest absolute Gasteiger partial charge is 0.231 e. The Morgan fingerprint density at radius 1 is 1.40 bits per heavy atom. The van der Waals surface area contributed by atoms with Crippen molar-refractivity contribution in [3.05, 3.63) is 21.8 Å². The quantitative estimate of drug-likeness (QED) is 0.591. The summed E-state index contributed by atoms with van der Waals surface area (Å²) in [5, 5.41) is 0. The van der Waals surface area contributed by atoms with Crippen LogP contribution in [0.5, 0.6) is 0 Å². The van der Waals surface area contributed by atoms with E-state index in [-0.39, 0.29) is 0 Å². The second-order valence-corrected chi connectivity index (χ2v) is 3.08. The first-order valence-corrected chi connectivity index (χ1v) is 4.37. The van der Waals surface area contributed by atoms with Crippen LogP contribution in [0.25, 0.3) is 0 Å². The molecule has 0 spiro atoms. The molecule has 0 bridgehead atoms. The molecular weight excluding hydrogens is 239 g/mol. The molecule has 1 aromatic heterocycles. The van der Waals surface area contributed by atoms with Gasteiger partial charge >= 0.3 is 0 Å². The molecule has 3 heteroatoms. The van der Waals surface area contributed by atoms with Gasteiger partial charge in [0.1, 0.15) is 0 Å². The standard InChI is InChI=1S/C7H9IN2/c1-2-3-6-4-9-7(8)10-5-6/h4-5H,2-3H2,1H3. The van der Waals surface area contributed by atoms with Crippen molar-refractivity contribution in [1.82, 2.24) is 9.97 Å². The zero-order chi connectivity index (χ0) is 7.40. The number of aromatic nitrogens is 2. The Balaban J connectivity index is 2.69. The predicted octanol–water partition coefficient (Wildman–Crippen LogP) is 2.03. The number of rotatable bonds is 2. The maximum atomic E-state index is 4.07. The smallest absolute Gasteiger partial charge is 0.190 e. The summed E-state index contributed by atoms with van der Waals surface area (Å²) in [6, 6.07) is 0. The number of hydrogen-bond acceptors (Lipinski definition) is 2. The van der Waals surface area contributed by atoms with Crippen molar-refractivity contribution in [2.75, 3.05) is 0 Å². The summed E-state index contributed by atoms with van der Waals surface area (Å²) in [7, 11) is 0. The monoisotopic (exact) mass is 248 g/mol. The van der Waals surface area contributed by atoms with E-state index in [1.54, 1.807) is 0 Å². The topological polar surface area (TPSA) is 25.8 Å². The Morgan fingerprint density at radius 3 is 2.50 bits per heavy atom. The van der Waals surface area contributed by atoms with Crippen molar-refractivity contribution in [2.24, 2.45) is 0 Å². The molecule has 0 fully saturated rings. The minimum Gasteiger partial charge on any atom is -0.231 e. The second-order valence-electron chi connectivity index (χ2n) is 2.11. The van der Waals surface area contributed by atoms with Crippen LogP contribution in [0.3, 0.4) is 0 Å². The molecule has 10 heavy (non-hydrogen) atoms. The molecule has 1 heterocycles. The molecule has 0 aliphatic rings. The van der Waals surface area contributed by atoms with Gasteiger partial charge in [0.25, 0.3) is 0 Å². The van der Waals surface area contributed by atoms with E-state index >= 15 is 0 Å². The highest BCUT2D eigenvalue weighted by atomic mass is 127. The zero-order valence-corrected chi connectivity index (χ0v) is 8.00. The van der Waals surface area contributed by atoms with E-state index in [9.17, 15) is 0 Å². The summed E-state index contributed by atoms with van der Waals surface area (Å²) < 4.78 is 0.817. The third-order valence-corrected chi connectivity index (χ3v) is 1.77. The van der Waals surface area contributed by atoms with E-state index in [1.165, 1.54) is 5.56 Å². The van der Waals surface area contributed by atoms with Gasteiger partial charge in [-0.05, 0) is 12.0 Å². The fourth-order valence-corrected chi connectivity index (χ4v) is 1.04. The van der Waals surface area contributed by atoms with E-state index in [0.717, 1.165) is 16.7 Å². The van der Waals surface area contributed by atoms with Crippen molar-refractivity contribution in [2.45, 2.75) is 19.8 Å². The van der Waals surface area contributed by atoms with E-state index in [1.807, 2.05) is 12.4 Å². The molecule has 0 amide bonds. The number of aryl methyl sites for hydroxylation is 1. The fourth-order valence-electron chi connectivity index (χ4n) is 0.757. The van der Waals surface area contributed by atoms with Crippen LogP contribution in [0, 0.1) is 3.83 Å². The van der Waals surface area contributed by atoms with Crippen LogP contribution in [0.2, 0.25) is 0 Å². The molecule has 54 valence electrons. The van der Waals surface area contributed by atoms with Gasteiger partial charge in [0.05, 0.1) is 0 Å². The van der Waals surface area contributed by atoms with Gasteiger partial charge in [-0.15, -0.1) is 0 Å². The van der Waals surface area contributed by atoms with Gasteiger partial charge in [-0.3, -0.25) is 0 Å². The van der Waals surface area contributed by atoms with Crippen molar-refractivity contribution >= 4 is 22.6 Å². The molecule has 0 saturated carbocycles. The maximum Gasteiger partial charge on any atom is 0.190 e. The molecule has 0 N–H and O–H groups in total. The van der Waals surface area contributed by atoms with Crippen LogP contribution in [-0.4, -0.2) is 9.97 Å². The summed E-state index contributed by atoms with van der Waals surface area (Å²) in [6.45, 7) is 2.15. The zero-order valence-electron chi connectivity index (χ0n) is 5.84. The minimum absolute atomic E-state index is 0.817. The van der Waals surface area contributed by atoms with E-state index in [2.05, 4.69) is 39.5 Å². The van der Waals surface area contributed by atoms with Gasteiger partial charge in [0, 0.05) is 35.0 Å². The lowest BCUT2D eigenvalue weighted by Gasteiger charge is -1.94. The van der Waals surface area contributed by atoms with Crippen molar-refractivity contribution < 1.29 is 0 Å². The highest BCUT2D eigenvalue weighted by Crippen LogP contribution is 2.00. The summed E-state index contributed by atoms with van der Waals surface area (Å²) in [6.07, 6.45) is 6.01.